The monoisotopic (exact) mass is 288 g/mol. The lowest BCUT2D eigenvalue weighted by molar-refractivity contribution is -0.384. The fraction of sp³-hybridized carbons (Fsp3) is 0.0714. The molecule has 0 saturated carbocycles. The lowest BCUT2D eigenvalue weighted by Crippen LogP contribution is -2.17. The minimum absolute atomic E-state index is 0.0130. The van der Waals surface area contributed by atoms with Crippen molar-refractivity contribution in [1.82, 2.24) is 5.32 Å². The number of thioether (sulfide) groups is 1. The Morgan fingerprint density at radius 2 is 1.75 bits per heavy atom. The minimum atomic E-state index is -0.468. The minimum Gasteiger partial charge on any atom is -0.343 e. The van der Waals surface area contributed by atoms with Gasteiger partial charge in [-0.3, -0.25) is 14.9 Å². The van der Waals surface area contributed by atoms with Gasteiger partial charge in [0, 0.05) is 23.6 Å². The summed E-state index contributed by atoms with van der Waals surface area (Å²) in [6.45, 7) is 0.458. The van der Waals surface area contributed by atoms with E-state index in [-0.39, 0.29) is 10.9 Å². The van der Waals surface area contributed by atoms with Gasteiger partial charge in [-0.05, 0) is 29.5 Å². The molecule has 2 aromatic carbocycles. The Hall–Kier alpha value is -2.34. The molecular formula is C14H12N2O3S. The Morgan fingerprint density at radius 3 is 2.35 bits per heavy atom. The molecule has 0 aromatic heterocycles. The van der Waals surface area contributed by atoms with Crippen molar-refractivity contribution in [2.75, 3.05) is 0 Å². The molecule has 20 heavy (non-hydrogen) atoms. The third kappa shape index (κ3) is 4.10. The zero-order valence-electron chi connectivity index (χ0n) is 10.5. The van der Waals surface area contributed by atoms with Gasteiger partial charge >= 0.3 is 0 Å². The van der Waals surface area contributed by atoms with Crippen LogP contribution in [0.15, 0.2) is 59.5 Å². The number of non-ortho nitro benzene ring substituents is 1. The van der Waals surface area contributed by atoms with Gasteiger partial charge in [0.25, 0.3) is 10.9 Å². The maximum absolute atomic E-state index is 11.7. The SMILES string of the molecule is O=C(NCc1ccccc1)Sc1ccc([N+](=O)[O-])cc1. The van der Waals surface area contributed by atoms with Crippen molar-refractivity contribution in [3.05, 3.63) is 70.3 Å². The number of carbonyl (C=O) groups excluding carboxylic acids is 1. The van der Waals surface area contributed by atoms with Crippen molar-refractivity contribution in [1.29, 1.82) is 0 Å². The highest BCUT2D eigenvalue weighted by Gasteiger charge is 2.07. The van der Waals surface area contributed by atoms with Crippen LogP contribution < -0.4 is 5.32 Å². The lowest BCUT2D eigenvalue weighted by atomic mass is 10.2. The highest BCUT2D eigenvalue weighted by molar-refractivity contribution is 8.13. The van der Waals surface area contributed by atoms with Crippen LogP contribution >= 0.6 is 11.8 Å². The van der Waals surface area contributed by atoms with Crippen LogP contribution in [-0.4, -0.2) is 10.2 Å². The summed E-state index contributed by atoms with van der Waals surface area (Å²) in [6.07, 6.45) is 0. The van der Waals surface area contributed by atoms with Crippen LogP contribution in [0.4, 0.5) is 10.5 Å². The third-order valence-electron chi connectivity index (χ3n) is 2.54. The van der Waals surface area contributed by atoms with Crippen molar-refractivity contribution < 1.29 is 9.72 Å². The Morgan fingerprint density at radius 1 is 1.10 bits per heavy atom. The Balaban J connectivity index is 1.86. The molecule has 2 rings (SSSR count). The Labute approximate surface area is 120 Å². The summed E-state index contributed by atoms with van der Waals surface area (Å²) in [5.74, 6) is 0. The second-order valence-electron chi connectivity index (χ2n) is 3.98. The molecule has 0 aliphatic carbocycles. The molecule has 102 valence electrons. The number of nitrogens with zero attached hydrogens (tertiary/aromatic N) is 1. The van der Waals surface area contributed by atoms with Gasteiger partial charge in [-0.1, -0.05) is 30.3 Å². The smallest absolute Gasteiger partial charge is 0.284 e. The van der Waals surface area contributed by atoms with E-state index in [1.54, 1.807) is 12.1 Å². The maximum atomic E-state index is 11.7. The predicted octanol–water partition coefficient (Wildman–Crippen LogP) is 3.60. The Bertz CT molecular complexity index is 600. The largest absolute Gasteiger partial charge is 0.343 e. The molecule has 0 unspecified atom stereocenters. The highest BCUT2D eigenvalue weighted by atomic mass is 32.2. The summed E-state index contributed by atoms with van der Waals surface area (Å²) in [7, 11) is 0. The number of rotatable bonds is 4. The van der Waals surface area contributed by atoms with Gasteiger partial charge in [-0.2, -0.15) is 0 Å². The van der Waals surface area contributed by atoms with Gasteiger partial charge in [0.2, 0.25) is 0 Å². The first kappa shape index (κ1) is 14.1. The lowest BCUT2D eigenvalue weighted by Gasteiger charge is -2.04. The van der Waals surface area contributed by atoms with E-state index in [0.717, 1.165) is 17.3 Å². The van der Waals surface area contributed by atoms with E-state index in [0.29, 0.717) is 11.4 Å². The van der Waals surface area contributed by atoms with Crippen LogP contribution in [0.1, 0.15) is 5.56 Å². The standard InChI is InChI=1S/C14H12N2O3S/c17-14(15-10-11-4-2-1-3-5-11)20-13-8-6-12(7-9-13)16(18)19/h1-9H,10H2,(H,15,17). The van der Waals surface area contributed by atoms with Crippen molar-refractivity contribution in [2.24, 2.45) is 0 Å². The molecular weight excluding hydrogens is 276 g/mol. The molecule has 5 nitrogen and oxygen atoms in total. The maximum Gasteiger partial charge on any atom is 0.284 e. The number of nitro groups is 1. The second-order valence-corrected chi connectivity index (χ2v) is 5.03. The normalized spacial score (nSPS) is 10.0. The Kier molecular flexibility index (Phi) is 4.73. The highest BCUT2D eigenvalue weighted by Crippen LogP contribution is 2.21. The molecule has 0 spiro atoms. The van der Waals surface area contributed by atoms with Gasteiger partial charge in [-0.15, -0.1) is 0 Å². The molecule has 0 radical (unpaired) electrons. The van der Waals surface area contributed by atoms with Crippen LogP contribution in [0.25, 0.3) is 0 Å². The number of nitrogens with one attached hydrogen (secondary N) is 1. The quantitative estimate of drug-likeness (QED) is 0.530. The van der Waals surface area contributed by atoms with Crippen LogP contribution in [0.2, 0.25) is 0 Å². The number of amides is 1. The topological polar surface area (TPSA) is 72.2 Å². The average molecular weight is 288 g/mol. The molecule has 2 aromatic rings. The molecule has 1 N–H and O–H groups in total. The summed E-state index contributed by atoms with van der Waals surface area (Å²) in [6, 6.07) is 15.5. The van der Waals surface area contributed by atoms with E-state index in [2.05, 4.69) is 5.32 Å². The van der Waals surface area contributed by atoms with Crippen LogP contribution in [0.3, 0.4) is 0 Å². The summed E-state index contributed by atoms with van der Waals surface area (Å²) >= 11 is 1.01. The summed E-state index contributed by atoms with van der Waals surface area (Å²) < 4.78 is 0. The molecule has 0 fully saturated rings. The zero-order chi connectivity index (χ0) is 14.4. The van der Waals surface area contributed by atoms with E-state index in [1.807, 2.05) is 30.3 Å². The van der Waals surface area contributed by atoms with Gasteiger partial charge < -0.3 is 5.32 Å². The third-order valence-corrected chi connectivity index (χ3v) is 3.38. The molecule has 0 bridgehead atoms. The summed E-state index contributed by atoms with van der Waals surface area (Å²) in [5, 5.41) is 13.1. The van der Waals surface area contributed by atoms with Gasteiger partial charge in [0.1, 0.15) is 0 Å². The van der Waals surface area contributed by atoms with E-state index >= 15 is 0 Å². The van der Waals surface area contributed by atoms with E-state index in [9.17, 15) is 14.9 Å². The molecule has 0 aliphatic rings. The van der Waals surface area contributed by atoms with Gasteiger partial charge in [0.15, 0.2) is 0 Å². The average Bonchev–Trinajstić information content (AvgIpc) is 2.47. The summed E-state index contributed by atoms with van der Waals surface area (Å²) in [4.78, 5) is 22.4. The number of hydrogen-bond donors (Lipinski definition) is 1. The number of hydrogen-bond acceptors (Lipinski definition) is 4. The molecule has 6 heteroatoms. The van der Waals surface area contributed by atoms with Crippen molar-refractivity contribution >= 4 is 22.7 Å². The van der Waals surface area contributed by atoms with Crippen LogP contribution in [0.5, 0.6) is 0 Å². The molecule has 0 saturated heterocycles. The zero-order valence-corrected chi connectivity index (χ0v) is 11.3. The number of nitro benzene ring substituents is 1. The second kappa shape index (κ2) is 6.72. The van der Waals surface area contributed by atoms with Gasteiger partial charge in [0.05, 0.1) is 4.92 Å². The van der Waals surface area contributed by atoms with Crippen LogP contribution in [-0.2, 0) is 6.54 Å². The van der Waals surface area contributed by atoms with E-state index in [4.69, 9.17) is 0 Å². The van der Waals surface area contributed by atoms with Crippen molar-refractivity contribution in [2.45, 2.75) is 11.4 Å². The van der Waals surface area contributed by atoms with Crippen LogP contribution in [0, 0.1) is 10.1 Å². The van der Waals surface area contributed by atoms with Crippen molar-refractivity contribution in [3.63, 3.8) is 0 Å². The summed E-state index contributed by atoms with van der Waals surface area (Å²) in [5.41, 5.74) is 1.03. The fourth-order valence-corrected chi connectivity index (χ4v) is 2.18. The molecule has 0 atom stereocenters. The first-order valence-corrected chi connectivity index (χ1v) is 6.71. The molecule has 0 heterocycles. The van der Waals surface area contributed by atoms with Gasteiger partial charge in [-0.25, -0.2) is 0 Å². The molecule has 0 aliphatic heterocycles. The number of benzene rings is 2. The number of carbonyl (C=O) groups is 1. The van der Waals surface area contributed by atoms with Crippen molar-refractivity contribution in [3.8, 4) is 0 Å². The van der Waals surface area contributed by atoms with E-state index < -0.39 is 4.92 Å². The molecule has 1 amide bonds. The fourth-order valence-electron chi connectivity index (χ4n) is 1.55. The first-order valence-electron chi connectivity index (χ1n) is 5.89. The van der Waals surface area contributed by atoms with E-state index in [1.165, 1.54) is 12.1 Å². The first-order chi connectivity index (χ1) is 9.65. The predicted molar refractivity (Wildman–Crippen MR) is 77.6 cm³/mol.